The summed E-state index contributed by atoms with van der Waals surface area (Å²) in [6.07, 6.45) is 1.40. The highest BCUT2D eigenvalue weighted by molar-refractivity contribution is 9.11. The van der Waals surface area contributed by atoms with Gasteiger partial charge in [0, 0.05) is 6.07 Å². The fourth-order valence-corrected chi connectivity index (χ4v) is 4.45. The smallest absolute Gasteiger partial charge is 0.337 e. The van der Waals surface area contributed by atoms with E-state index < -0.39 is 0 Å². The van der Waals surface area contributed by atoms with Crippen molar-refractivity contribution >= 4 is 37.8 Å². The van der Waals surface area contributed by atoms with Crippen LogP contribution in [0.25, 0.3) is 0 Å². The lowest BCUT2D eigenvalue weighted by Crippen LogP contribution is -2.05. The Morgan fingerprint density at radius 1 is 0.875 bits per heavy atom. The Morgan fingerprint density at radius 2 is 1.53 bits per heavy atom. The molecule has 1 aromatic heterocycles. The average molecular weight is 565 g/mol. The summed E-state index contributed by atoms with van der Waals surface area (Å²) in [5.74, 6) is 1.73. The van der Waals surface area contributed by atoms with Crippen molar-refractivity contribution in [2.75, 3.05) is 21.3 Å². The van der Waals surface area contributed by atoms with Crippen LogP contribution in [0.5, 0.6) is 17.2 Å². The van der Waals surface area contributed by atoms with Crippen molar-refractivity contribution < 1.29 is 23.7 Å². The maximum atomic E-state index is 11.6. The summed E-state index contributed by atoms with van der Waals surface area (Å²) >= 11 is 7.05. The number of halogens is 2. The van der Waals surface area contributed by atoms with Gasteiger partial charge in [-0.2, -0.15) is 0 Å². The van der Waals surface area contributed by atoms with Gasteiger partial charge in [0.05, 0.1) is 37.1 Å². The zero-order valence-electron chi connectivity index (χ0n) is 18.0. The first kappa shape index (κ1) is 24.1. The third kappa shape index (κ3) is 6.23. The lowest BCUT2D eigenvalue weighted by Gasteiger charge is -2.15. The molecule has 3 rings (SSSR count). The number of aromatic nitrogens is 1. The van der Waals surface area contributed by atoms with Gasteiger partial charge in [-0.1, -0.05) is 12.1 Å². The first-order valence-corrected chi connectivity index (χ1v) is 11.4. The quantitative estimate of drug-likeness (QED) is 0.243. The van der Waals surface area contributed by atoms with Gasteiger partial charge in [0.25, 0.3) is 0 Å². The topological polar surface area (TPSA) is 66.9 Å². The van der Waals surface area contributed by atoms with Gasteiger partial charge in [0.1, 0.15) is 22.7 Å². The number of ether oxygens (including phenoxy) is 4. The van der Waals surface area contributed by atoms with Crippen molar-refractivity contribution in [3.05, 3.63) is 80.0 Å². The Bertz CT molecular complexity index is 1060. The van der Waals surface area contributed by atoms with Crippen molar-refractivity contribution in [1.29, 1.82) is 0 Å². The Balaban J connectivity index is 1.76. The van der Waals surface area contributed by atoms with Crippen LogP contribution in [0.15, 0.2) is 57.6 Å². The van der Waals surface area contributed by atoms with E-state index in [-0.39, 0.29) is 5.97 Å². The number of nitrogens with zero attached hydrogens (tertiary/aromatic N) is 1. The number of carbonyl (C=O) groups is 1. The molecule has 8 heteroatoms. The molecule has 168 valence electrons. The predicted molar refractivity (Wildman–Crippen MR) is 129 cm³/mol. The van der Waals surface area contributed by atoms with E-state index in [1.54, 1.807) is 26.4 Å². The first-order valence-electron chi connectivity index (χ1n) is 9.80. The highest BCUT2D eigenvalue weighted by atomic mass is 79.9. The molecular formula is C24H23Br2NO5. The molecule has 2 aromatic carbocycles. The zero-order valence-corrected chi connectivity index (χ0v) is 21.2. The highest BCUT2D eigenvalue weighted by Crippen LogP contribution is 2.33. The maximum absolute atomic E-state index is 11.6. The van der Waals surface area contributed by atoms with E-state index in [9.17, 15) is 4.79 Å². The van der Waals surface area contributed by atoms with Crippen LogP contribution >= 0.6 is 31.9 Å². The monoisotopic (exact) mass is 563 g/mol. The van der Waals surface area contributed by atoms with Gasteiger partial charge >= 0.3 is 5.97 Å². The number of hydrogen-bond acceptors (Lipinski definition) is 6. The molecule has 32 heavy (non-hydrogen) atoms. The van der Waals surface area contributed by atoms with Gasteiger partial charge in [-0.05, 0) is 86.2 Å². The molecule has 0 unspecified atom stereocenters. The molecule has 3 aromatic rings. The minimum absolute atomic E-state index is 0.330. The molecular weight excluding hydrogens is 542 g/mol. The van der Waals surface area contributed by atoms with Crippen molar-refractivity contribution in [1.82, 2.24) is 4.98 Å². The zero-order chi connectivity index (χ0) is 23.1. The fourth-order valence-electron chi connectivity index (χ4n) is 3.13. The summed E-state index contributed by atoms with van der Waals surface area (Å²) in [5.41, 5.74) is 3.34. The predicted octanol–water partition coefficient (Wildman–Crippen LogP) is 5.77. The molecule has 0 atom stereocenters. The van der Waals surface area contributed by atoms with Gasteiger partial charge in [-0.15, -0.1) is 0 Å². The van der Waals surface area contributed by atoms with E-state index >= 15 is 0 Å². The van der Waals surface area contributed by atoms with Gasteiger partial charge < -0.3 is 18.9 Å². The maximum Gasteiger partial charge on any atom is 0.337 e. The molecule has 0 amide bonds. The summed E-state index contributed by atoms with van der Waals surface area (Å²) in [5, 5.41) is 0. The van der Waals surface area contributed by atoms with Crippen LogP contribution in [0.1, 0.15) is 27.2 Å². The Hall–Kier alpha value is -2.58. The summed E-state index contributed by atoms with van der Waals surface area (Å²) in [6, 6.07) is 14.9. The van der Waals surface area contributed by atoms with Crippen LogP contribution in [0.4, 0.5) is 0 Å². The van der Waals surface area contributed by atoms with Gasteiger partial charge in [0.15, 0.2) is 5.75 Å². The summed E-state index contributed by atoms with van der Waals surface area (Å²) in [4.78, 5) is 16.2. The largest absolute Gasteiger partial charge is 0.497 e. The second-order valence-electron chi connectivity index (χ2n) is 6.90. The number of carbonyl (C=O) groups excluding carboxylic acids is 1. The van der Waals surface area contributed by atoms with E-state index in [1.165, 1.54) is 7.11 Å². The number of benzene rings is 2. The van der Waals surface area contributed by atoms with Crippen LogP contribution in [0, 0.1) is 0 Å². The molecule has 0 radical (unpaired) electrons. The van der Waals surface area contributed by atoms with Crippen molar-refractivity contribution in [2.45, 2.75) is 19.4 Å². The van der Waals surface area contributed by atoms with Gasteiger partial charge in [0.2, 0.25) is 0 Å². The lowest BCUT2D eigenvalue weighted by atomic mass is 10.1. The normalized spacial score (nSPS) is 10.5. The molecule has 0 N–H and O–H groups in total. The highest BCUT2D eigenvalue weighted by Gasteiger charge is 2.14. The number of aryl methyl sites for hydroxylation is 2. The van der Waals surface area contributed by atoms with Crippen molar-refractivity contribution in [3.8, 4) is 17.2 Å². The van der Waals surface area contributed by atoms with Crippen molar-refractivity contribution in [2.24, 2.45) is 0 Å². The number of pyridine rings is 1. The van der Waals surface area contributed by atoms with E-state index in [0.29, 0.717) is 35.8 Å². The Kier molecular flexibility index (Phi) is 8.53. The van der Waals surface area contributed by atoms with Gasteiger partial charge in [-0.25, -0.2) is 9.78 Å². The van der Waals surface area contributed by atoms with Crippen LogP contribution in [-0.4, -0.2) is 32.3 Å². The molecule has 0 saturated heterocycles. The minimum atomic E-state index is -0.348. The lowest BCUT2D eigenvalue weighted by molar-refractivity contribution is 0.0600. The third-order valence-electron chi connectivity index (χ3n) is 4.79. The first-order chi connectivity index (χ1) is 15.4. The SMILES string of the molecule is COC(=O)c1ccc(CCc2nc(Br)cc(Br)c2OCc2cc(OC)cc(OC)c2)cc1. The Labute approximate surface area is 204 Å². The molecule has 1 heterocycles. The van der Waals surface area contributed by atoms with E-state index in [4.69, 9.17) is 18.9 Å². The third-order valence-corrected chi connectivity index (χ3v) is 5.78. The Morgan fingerprint density at radius 3 is 2.12 bits per heavy atom. The number of esters is 1. The van der Waals surface area contributed by atoms with Crippen molar-refractivity contribution in [3.63, 3.8) is 0 Å². The second kappa shape index (κ2) is 11.3. The number of rotatable bonds is 9. The van der Waals surface area contributed by atoms with Crippen LogP contribution in [0.3, 0.4) is 0 Å². The molecule has 0 saturated carbocycles. The molecule has 0 aliphatic rings. The average Bonchev–Trinajstić information content (AvgIpc) is 2.81. The van der Waals surface area contributed by atoms with E-state index in [2.05, 4.69) is 36.8 Å². The second-order valence-corrected chi connectivity index (χ2v) is 8.57. The standard InChI is InChI=1S/C24H23Br2NO5/c1-29-18-10-16(11-19(12-18)30-2)14-32-23-20(25)13-22(26)27-21(23)9-6-15-4-7-17(8-5-15)24(28)31-3/h4-5,7-8,10-13H,6,9,14H2,1-3H3. The molecule has 0 bridgehead atoms. The summed E-state index contributed by atoms with van der Waals surface area (Å²) in [6.45, 7) is 0.330. The fraction of sp³-hybridized carbons (Fsp3) is 0.250. The molecule has 6 nitrogen and oxygen atoms in total. The van der Waals surface area contributed by atoms with E-state index in [0.717, 1.165) is 32.3 Å². The van der Waals surface area contributed by atoms with Gasteiger partial charge in [-0.3, -0.25) is 0 Å². The minimum Gasteiger partial charge on any atom is -0.497 e. The molecule has 0 fully saturated rings. The summed E-state index contributed by atoms with van der Waals surface area (Å²) < 4.78 is 23.1. The summed E-state index contributed by atoms with van der Waals surface area (Å²) in [7, 11) is 4.60. The van der Waals surface area contributed by atoms with E-state index in [1.807, 2.05) is 36.4 Å². The number of methoxy groups -OCH3 is 3. The van der Waals surface area contributed by atoms with Crippen LogP contribution in [0.2, 0.25) is 0 Å². The van der Waals surface area contributed by atoms with Crippen LogP contribution in [-0.2, 0) is 24.2 Å². The number of hydrogen-bond donors (Lipinski definition) is 0. The molecule has 0 aliphatic carbocycles. The van der Waals surface area contributed by atoms with Crippen LogP contribution < -0.4 is 14.2 Å². The molecule has 0 spiro atoms. The molecule has 0 aliphatic heterocycles.